The number of ketones is 2. The summed E-state index contributed by atoms with van der Waals surface area (Å²) in [5.74, 6) is -1.19. The van der Waals surface area contributed by atoms with Gasteiger partial charge in [0.05, 0.1) is 11.8 Å². The summed E-state index contributed by atoms with van der Waals surface area (Å²) in [6.45, 7) is 2.14. The number of hydrogen-bond donors (Lipinski definition) is 0. The predicted molar refractivity (Wildman–Crippen MR) is 134 cm³/mol. The van der Waals surface area contributed by atoms with Gasteiger partial charge in [-0.2, -0.15) is 0 Å². The van der Waals surface area contributed by atoms with E-state index in [0.29, 0.717) is 12.8 Å². The summed E-state index contributed by atoms with van der Waals surface area (Å²) in [7, 11) is 0. The largest absolute Gasteiger partial charge is 0.348 e. The fraction of sp³-hybridized carbons (Fsp3) is 0.312. The molecule has 1 saturated carbocycles. The molecule has 3 nitrogen and oxygen atoms in total. The maximum Gasteiger partial charge on any atom is 0.144 e. The van der Waals surface area contributed by atoms with Crippen LogP contribution in [0.1, 0.15) is 48.4 Å². The molecule has 3 heteroatoms. The lowest BCUT2D eigenvalue weighted by atomic mass is 9.50. The fourth-order valence-corrected chi connectivity index (χ4v) is 7.64. The van der Waals surface area contributed by atoms with Crippen molar-refractivity contribution >= 4 is 11.6 Å². The molecule has 2 aliphatic heterocycles. The Labute approximate surface area is 205 Å². The smallest absolute Gasteiger partial charge is 0.144 e. The third-order valence-electron chi connectivity index (χ3n) is 9.09. The third kappa shape index (κ3) is 2.49. The van der Waals surface area contributed by atoms with Gasteiger partial charge in [0.25, 0.3) is 0 Å². The van der Waals surface area contributed by atoms with Gasteiger partial charge in [-0.15, -0.1) is 0 Å². The summed E-state index contributed by atoms with van der Waals surface area (Å²) in [4.78, 5) is 29.0. The lowest BCUT2D eigenvalue weighted by Gasteiger charge is -2.47. The van der Waals surface area contributed by atoms with Crippen LogP contribution in [0.5, 0.6) is 0 Å². The van der Waals surface area contributed by atoms with Crippen LogP contribution in [0.25, 0.3) is 0 Å². The highest BCUT2D eigenvalue weighted by Crippen LogP contribution is 2.71. The van der Waals surface area contributed by atoms with Crippen LogP contribution in [0, 0.1) is 23.7 Å². The molecular weight excluding hydrogens is 432 g/mol. The van der Waals surface area contributed by atoms with Crippen molar-refractivity contribution in [3.05, 3.63) is 119 Å². The number of Topliss-reactive ketones (excluding diaryl/α,β-unsaturated/α-hetero) is 2. The summed E-state index contributed by atoms with van der Waals surface area (Å²) in [6, 6.07) is 28.5. The second kappa shape index (κ2) is 7.35. The van der Waals surface area contributed by atoms with Gasteiger partial charge >= 0.3 is 0 Å². The molecular formula is C32H28O3. The molecule has 3 aromatic rings. The number of fused-ring (bicyclic) bond motifs is 9. The van der Waals surface area contributed by atoms with E-state index in [4.69, 9.17) is 4.74 Å². The highest BCUT2D eigenvalue weighted by atomic mass is 16.5. The van der Waals surface area contributed by atoms with Gasteiger partial charge in [0, 0.05) is 11.8 Å². The maximum atomic E-state index is 14.5. The highest BCUT2D eigenvalue weighted by molar-refractivity contribution is 6.03. The summed E-state index contributed by atoms with van der Waals surface area (Å²) in [6.07, 6.45) is 4.49. The van der Waals surface area contributed by atoms with Gasteiger partial charge in [0.1, 0.15) is 22.8 Å². The van der Waals surface area contributed by atoms with Crippen LogP contribution in [0.15, 0.2) is 96.6 Å². The minimum atomic E-state index is -0.969. The molecule has 0 radical (unpaired) electrons. The van der Waals surface area contributed by atoms with E-state index >= 15 is 0 Å². The van der Waals surface area contributed by atoms with E-state index in [2.05, 4.69) is 49.4 Å². The number of allylic oxidation sites excluding steroid dienone is 2. The van der Waals surface area contributed by atoms with E-state index < -0.39 is 23.0 Å². The summed E-state index contributed by atoms with van der Waals surface area (Å²) >= 11 is 0. The van der Waals surface area contributed by atoms with Crippen molar-refractivity contribution in [3.8, 4) is 0 Å². The van der Waals surface area contributed by atoms with Crippen molar-refractivity contribution in [2.75, 3.05) is 0 Å². The number of benzene rings is 3. The Hall–Kier alpha value is -3.30. The first-order valence-corrected chi connectivity index (χ1v) is 12.8. The second-order valence-electron chi connectivity index (χ2n) is 10.5. The van der Waals surface area contributed by atoms with Gasteiger partial charge in [0.2, 0.25) is 0 Å². The molecule has 0 amide bonds. The van der Waals surface area contributed by atoms with Crippen LogP contribution in [-0.2, 0) is 25.5 Å². The lowest BCUT2D eigenvalue weighted by Crippen LogP contribution is -2.57. The predicted octanol–water partition coefficient (Wildman–Crippen LogP) is 5.96. The SMILES string of the molecule is CCC1=CCC2C(=O)C3C(C(=O)C2C1)C1(c2ccccc2)OC3(c2ccccc2)c2ccccc21. The molecule has 2 bridgehead atoms. The lowest BCUT2D eigenvalue weighted by molar-refractivity contribution is -0.149. The molecule has 3 aromatic carbocycles. The second-order valence-corrected chi connectivity index (χ2v) is 10.5. The van der Waals surface area contributed by atoms with Crippen LogP contribution in [0.4, 0.5) is 0 Å². The Morgan fingerprint density at radius 3 is 1.71 bits per heavy atom. The molecule has 2 aliphatic carbocycles. The van der Waals surface area contributed by atoms with Crippen LogP contribution in [0.3, 0.4) is 0 Å². The Balaban J connectivity index is 1.54. The van der Waals surface area contributed by atoms with Gasteiger partial charge in [-0.05, 0) is 41.5 Å². The van der Waals surface area contributed by atoms with Gasteiger partial charge in [-0.3, -0.25) is 9.59 Å². The number of ether oxygens (including phenoxy) is 1. The highest BCUT2D eigenvalue weighted by Gasteiger charge is 2.77. The summed E-state index contributed by atoms with van der Waals surface area (Å²) in [5, 5.41) is 0. The topological polar surface area (TPSA) is 43.4 Å². The van der Waals surface area contributed by atoms with Crippen molar-refractivity contribution in [1.82, 2.24) is 0 Å². The monoisotopic (exact) mass is 460 g/mol. The summed E-state index contributed by atoms with van der Waals surface area (Å²) < 4.78 is 7.28. The van der Waals surface area contributed by atoms with Gasteiger partial charge in [-0.1, -0.05) is 104 Å². The molecule has 4 aliphatic rings. The normalized spacial score (nSPS) is 34.7. The fourth-order valence-electron chi connectivity index (χ4n) is 7.64. The van der Waals surface area contributed by atoms with Crippen LogP contribution in [0.2, 0.25) is 0 Å². The summed E-state index contributed by atoms with van der Waals surface area (Å²) in [5.41, 5.74) is 3.32. The molecule has 174 valence electrons. The number of rotatable bonds is 3. The zero-order valence-electron chi connectivity index (χ0n) is 19.8. The van der Waals surface area contributed by atoms with E-state index in [1.54, 1.807) is 0 Å². The van der Waals surface area contributed by atoms with E-state index in [9.17, 15) is 9.59 Å². The Bertz CT molecular complexity index is 1370. The molecule has 35 heavy (non-hydrogen) atoms. The first-order valence-electron chi connectivity index (χ1n) is 12.8. The molecule has 0 aromatic heterocycles. The van der Waals surface area contributed by atoms with Gasteiger partial charge < -0.3 is 4.74 Å². The molecule has 6 unspecified atom stereocenters. The number of hydrogen-bond acceptors (Lipinski definition) is 3. The van der Waals surface area contributed by atoms with Gasteiger partial charge in [0.15, 0.2) is 0 Å². The molecule has 0 spiro atoms. The first-order chi connectivity index (χ1) is 17.1. The maximum absolute atomic E-state index is 14.5. The molecule has 0 N–H and O–H groups in total. The van der Waals surface area contributed by atoms with Gasteiger partial charge in [-0.25, -0.2) is 0 Å². The minimum Gasteiger partial charge on any atom is -0.348 e. The zero-order valence-corrected chi connectivity index (χ0v) is 19.8. The molecule has 2 fully saturated rings. The third-order valence-corrected chi connectivity index (χ3v) is 9.09. The quantitative estimate of drug-likeness (QED) is 0.453. The van der Waals surface area contributed by atoms with Crippen molar-refractivity contribution in [2.24, 2.45) is 23.7 Å². The van der Waals surface area contributed by atoms with E-state index in [1.165, 1.54) is 5.57 Å². The number of carbonyl (C=O) groups is 2. The van der Waals surface area contributed by atoms with E-state index in [1.807, 2.05) is 48.5 Å². The Morgan fingerprint density at radius 1 is 0.714 bits per heavy atom. The Kier molecular flexibility index (Phi) is 4.41. The molecule has 1 saturated heterocycles. The van der Waals surface area contributed by atoms with Crippen molar-refractivity contribution < 1.29 is 14.3 Å². The van der Waals surface area contributed by atoms with Crippen molar-refractivity contribution in [2.45, 2.75) is 37.4 Å². The standard InChI is InChI=1S/C32H28O3/c1-2-20-17-18-23-24(19-20)30(34)28-27(29(23)33)31(21-11-5-3-6-12-21)25-15-9-10-16-26(25)32(28,35-31)22-13-7-4-8-14-22/h3-17,23-24,27-28H,2,18-19H2,1H3. The van der Waals surface area contributed by atoms with E-state index in [-0.39, 0.29) is 23.4 Å². The Morgan fingerprint density at radius 2 is 1.20 bits per heavy atom. The average molecular weight is 461 g/mol. The van der Waals surface area contributed by atoms with Crippen LogP contribution >= 0.6 is 0 Å². The van der Waals surface area contributed by atoms with Crippen LogP contribution < -0.4 is 0 Å². The number of carbonyl (C=O) groups excluding carboxylic acids is 2. The molecule has 6 atom stereocenters. The zero-order chi connectivity index (χ0) is 23.8. The molecule has 7 rings (SSSR count). The first kappa shape index (κ1) is 21.0. The van der Waals surface area contributed by atoms with E-state index in [0.717, 1.165) is 28.7 Å². The average Bonchev–Trinajstić information content (AvgIpc) is 3.42. The van der Waals surface area contributed by atoms with Crippen molar-refractivity contribution in [1.29, 1.82) is 0 Å². The molecule has 2 heterocycles. The minimum absolute atomic E-state index is 0.196. The van der Waals surface area contributed by atoms with Crippen molar-refractivity contribution in [3.63, 3.8) is 0 Å². The van der Waals surface area contributed by atoms with Crippen LogP contribution in [-0.4, -0.2) is 11.6 Å².